The number of alkyl halides is 1. The highest BCUT2D eigenvalue weighted by Crippen LogP contribution is 2.34. The maximum Gasteiger partial charge on any atom is 0.343 e. The molecule has 0 N–H and O–H groups in total. The summed E-state index contributed by atoms with van der Waals surface area (Å²) in [5, 5.41) is 0. The number of unbranched alkanes of at least 4 members (excludes halogenated alkanes) is 3. The summed E-state index contributed by atoms with van der Waals surface area (Å²) in [7, 11) is 2.13. The van der Waals surface area contributed by atoms with Gasteiger partial charge in [-0.25, -0.2) is 9.59 Å². The van der Waals surface area contributed by atoms with Crippen LogP contribution in [0.1, 0.15) is 104 Å². The minimum Gasteiger partial charge on any atom is -1.00 e. The van der Waals surface area contributed by atoms with Crippen LogP contribution >= 0.6 is 23.3 Å². The quantitative estimate of drug-likeness (QED) is 0.0188. The lowest BCUT2D eigenvalue weighted by atomic mass is 10.0. The first-order valence-electron chi connectivity index (χ1n) is 22.5. The molecule has 0 bridgehead atoms. The number of esters is 4. The molecule has 6 rings (SSSR count). The maximum atomic E-state index is 13.3. The third-order valence-electron chi connectivity index (χ3n) is 10.8. The largest absolute Gasteiger partial charge is 1.00 e. The Morgan fingerprint density at radius 2 is 1.21 bits per heavy atom. The van der Waals surface area contributed by atoms with Crippen molar-refractivity contribution in [3.8, 4) is 17.4 Å². The molecule has 1 aliphatic heterocycles. The average Bonchev–Trinajstić information content (AvgIpc) is 3.79. The van der Waals surface area contributed by atoms with Crippen molar-refractivity contribution in [2.75, 3.05) is 26.7 Å². The van der Waals surface area contributed by atoms with Gasteiger partial charge in [0.2, 0.25) is 6.23 Å². The Balaban J connectivity index is 0.000000333. The van der Waals surface area contributed by atoms with Crippen molar-refractivity contribution in [2.24, 2.45) is 11.8 Å². The second-order valence-electron chi connectivity index (χ2n) is 17.0. The standard InChI is InChI=1S/C33H42N3O5S.C19H19ClO4.HI/c1-5-6-7-13-21-39-31-30(34-42-35-31)27-18-14-20-36(4,23-27)32(24(2)3)41-29(37)22-26-17-11-12-19-28(26)40-33(38)25-15-9-8-10-16-25;1-13(2)18(20)24-17(21)12-15-10-6-7-11-16(15)23-19(22)14-8-4-3-5-9-14;/h8-12,15-19,24,32H,5-7,13-14,20-23H2,1-4H3;3-11,13,18H,12H2,1-2H3;1H/q+1;;/p-1. The van der Waals surface area contributed by atoms with E-state index in [4.69, 9.17) is 35.3 Å². The number of likely N-dealkylation sites (N-methyl/N-ethyl adjacent to an activating group) is 1. The number of nitrogens with zero attached hydrogens (tertiary/aromatic N) is 3. The van der Waals surface area contributed by atoms with Crippen LogP contribution < -0.4 is 38.2 Å². The summed E-state index contributed by atoms with van der Waals surface area (Å²) in [4.78, 5) is 50.2. The predicted molar refractivity (Wildman–Crippen MR) is 256 cm³/mol. The molecule has 12 nitrogen and oxygen atoms in total. The lowest BCUT2D eigenvalue weighted by Crippen LogP contribution is -3.00. The number of hydrogen-bond acceptors (Lipinski definition) is 12. The first kappa shape index (κ1) is 54.4. The second kappa shape index (κ2) is 27.6. The second-order valence-corrected chi connectivity index (χ2v) is 18.0. The van der Waals surface area contributed by atoms with Crippen LogP contribution in [-0.4, -0.2) is 75.6 Å². The van der Waals surface area contributed by atoms with Crippen LogP contribution in [0.3, 0.4) is 0 Å². The van der Waals surface area contributed by atoms with Gasteiger partial charge in [0.15, 0.2) is 5.56 Å². The Kier molecular flexibility index (Phi) is 22.4. The predicted octanol–water partition coefficient (Wildman–Crippen LogP) is 7.93. The van der Waals surface area contributed by atoms with E-state index in [0.29, 0.717) is 57.3 Å². The van der Waals surface area contributed by atoms with Crippen LogP contribution in [0, 0.1) is 11.8 Å². The van der Waals surface area contributed by atoms with Gasteiger partial charge in [0.05, 0.1) is 55.9 Å². The van der Waals surface area contributed by atoms with Crippen LogP contribution in [0.5, 0.6) is 17.4 Å². The van der Waals surface area contributed by atoms with Gasteiger partial charge in [-0.15, -0.1) is 4.37 Å². The van der Waals surface area contributed by atoms with Crippen molar-refractivity contribution < 1.29 is 71.3 Å². The molecule has 15 heteroatoms. The number of rotatable bonds is 20. The van der Waals surface area contributed by atoms with Crippen molar-refractivity contribution in [1.82, 2.24) is 8.75 Å². The number of hydrogen-bond donors (Lipinski definition) is 0. The molecule has 0 amide bonds. The van der Waals surface area contributed by atoms with E-state index in [9.17, 15) is 19.2 Å². The molecule has 0 spiro atoms. The van der Waals surface area contributed by atoms with Crippen molar-refractivity contribution in [1.29, 1.82) is 0 Å². The molecule has 5 aromatic rings. The third kappa shape index (κ3) is 16.8. The fraction of sp³-hybridized carbons (Fsp3) is 0.385. The molecule has 2 heterocycles. The van der Waals surface area contributed by atoms with Gasteiger partial charge in [0, 0.05) is 35.0 Å². The van der Waals surface area contributed by atoms with E-state index in [-0.39, 0.29) is 60.9 Å². The Hall–Kier alpha value is -5.16. The van der Waals surface area contributed by atoms with Gasteiger partial charge < -0.3 is 47.7 Å². The van der Waals surface area contributed by atoms with Gasteiger partial charge in [-0.05, 0) is 42.8 Å². The Labute approximate surface area is 420 Å². The van der Waals surface area contributed by atoms with Gasteiger partial charge in [-0.2, -0.15) is 4.37 Å². The molecule has 0 aliphatic carbocycles. The molecule has 1 aromatic heterocycles. The number of quaternary nitrogens is 1. The molecule has 0 saturated heterocycles. The molecule has 1 aliphatic rings. The molecular formula is C52H61ClIN3O9S. The van der Waals surface area contributed by atoms with Crippen LogP contribution in [0.25, 0.3) is 5.57 Å². The zero-order chi connectivity index (χ0) is 47.5. The summed E-state index contributed by atoms with van der Waals surface area (Å²) in [5.41, 5.74) is 3.24. The highest BCUT2D eigenvalue weighted by atomic mass is 127. The topological polar surface area (TPSA) is 140 Å². The molecule has 0 fully saturated rings. The van der Waals surface area contributed by atoms with Crippen molar-refractivity contribution >= 4 is 52.8 Å². The summed E-state index contributed by atoms with van der Waals surface area (Å²) in [6, 6.07) is 31.4. The molecule has 3 atom stereocenters. The van der Waals surface area contributed by atoms with E-state index < -0.39 is 23.5 Å². The SMILES string of the molecule is CC(C)C(Cl)OC(=O)Cc1ccccc1OC(=O)c1ccccc1.CCCCCCOc1nsnc1C1=CCC[N+](C)(C(OC(=O)Cc2ccccc2OC(=O)c2ccccc2)C(C)C)C1.[I-]. The van der Waals surface area contributed by atoms with Crippen LogP contribution in [0.15, 0.2) is 115 Å². The van der Waals surface area contributed by atoms with E-state index >= 15 is 0 Å². The molecule has 4 aromatic carbocycles. The zero-order valence-corrected chi connectivity index (χ0v) is 42.8. The number of para-hydroxylation sites is 2. The molecule has 67 heavy (non-hydrogen) atoms. The fourth-order valence-corrected chi connectivity index (χ4v) is 7.99. The first-order valence-corrected chi connectivity index (χ1v) is 23.7. The minimum absolute atomic E-state index is 0. The van der Waals surface area contributed by atoms with E-state index in [0.717, 1.165) is 48.8 Å². The summed E-state index contributed by atoms with van der Waals surface area (Å²) in [5.74, 6) is -0.405. The van der Waals surface area contributed by atoms with Crippen LogP contribution in [-0.2, 0) is 31.9 Å². The lowest BCUT2D eigenvalue weighted by molar-refractivity contribution is -0.950. The van der Waals surface area contributed by atoms with Crippen LogP contribution in [0.2, 0.25) is 0 Å². The number of ether oxygens (including phenoxy) is 5. The maximum absolute atomic E-state index is 13.3. The van der Waals surface area contributed by atoms with Gasteiger partial charge in [-0.3, -0.25) is 14.1 Å². The average molecular weight is 1070 g/mol. The number of carbonyl (C=O) groups is 4. The molecule has 0 saturated carbocycles. The van der Waals surface area contributed by atoms with Gasteiger partial charge >= 0.3 is 23.9 Å². The highest BCUT2D eigenvalue weighted by Gasteiger charge is 2.41. The molecular weight excluding hydrogens is 1010 g/mol. The summed E-state index contributed by atoms with van der Waals surface area (Å²) in [6.07, 6.45) is 7.17. The third-order valence-corrected chi connectivity index (χ3v) is 11.9. The lowest BCUT2D eigenvalue weighted by Gasteiger charge is -2.44. The van der Waals surface area contributed by atoms with E-state index in [2.05, 4.69) is 42.6 Å². The van der Waals surface area contributed by atoms with E-state index in [1.807, 2.05) is 32.0 Å². The van der Waals surface area contributed by atoms with Crippen molar-refractivity contribution in [3.05, 3.63) is 143 Å². The molecule has 358 valence electrons. The molecule has 0 radical (unpaired) electrons. The number of benzene rings is 4. The monoisotopic (exact) mass is 1070 g/mol. The van der Waals surface area contributed by atoms with Crippen molar-refractivity contribution in [2.45, 2.75) is 91.4 Å². The fourth-order valence-electron chi connectivity index (χ4n) is 7.36. The smallest absolute Gasteiger partial charge is 0.343 e. The minimum atomic E-state index is -0.684. The van der Waals surface area contributed by atoms with Gasteiger partial charge in [-0.1, -0.05) is 144 Å². The summed E-state index contributed by atoms with van der Waals surface area (Å²) < 4.78 is 38.0. The highest BCUT2D eigenvalue weighted by molar-refractivity contribution is 6.99. The molecule has 3 unspecified atom stereocenters. The number of aromatic nitrogens is 2. The summed E-state index contributed by atoms with van der Waals surface area (Å²) in [6.45, 7) is 12.2. The van der Waals surface area contributed by atoms with Crippen molar-refractivity contribution in [3.63, 3.8) is 0 Å². The number of carbonyl (C=O) groups excluding carboxylic acids is 4. The Morgan fingerprint density at radius 1 is 0.687 bits per heavy atom. The van der Waals surface area contributed by atoms with Gasteiger partial charge in [0.1, 0.15) is 23.7 Å². The van der Waals surface area contributed by atoms with E-state index in [1.54, 1.807) is 91.0 Å². The Morgan fingerprint density at radius 3 is 1.73 bits per heavy atom. The normalized spacial score (nSPS) is 15.1. The van der Waals surface area contributed by atoms with Gasteiger partial charge in [0.25, 0.3) is 5.88 Å². The summed E-state index contributed by atoms with van der Waals surface area (Å²) >= 11 is 7.12. The Bertz CT molecular complexity index is 2380. The first-order chi connectivity index (χ1) is 31.8. The van der Waals surface area contributed by atoms with E-state index in [1.165, 1.54) is 12.8 Å². The number of halogens is 2. The zero-order valence-electron chi connectivity index (χ0n) is 39.0. The van der Waals surface area contributed by atoms with Crippen LogP contribution in [0.4, 0.5) is 0 Å².